The molecule has 3 aromatic rings. The van der Waals surface area contributed by atoms with Crippen LogP contribution in [0.2, 0.25) is 0 Å². The molecule has 0 aliphatic carbocycles. The van der Waals surface area contributed by atoms with Gasteiger partial charge in [0.1, 0.15) is 10.0 Å². The molecular weight excluding hydrogens is 341 g/mol. The molecule has 0 aliphatic rings. The van der Waals surface area contributed by atoms with Crippen LogP contribution in [0.15, 0.2) is 45.0 Å². The van der Waals surface area contributed by atoms with Crippen molar-refractivity contribution in [3.05, 3.63) is 53.0 Å². The summed E-state index contributed by atoms with van der Waals surface area (Å²) in [6, 6.07) is 8.84. The van der Waals surface area contributed by atoms with E-state index in [4.69, 9.17) is 4.42 Å². The zero-order valence-electron chi connectivity index (χ0n) is 12.0. The van der Waals surface area contributed by atoms with E-state index in [1.807, 2.05) is 6.92 Å². The van der Waals surface area contributed by atoms with E-state index in [9.17, 15) is 12.8 Å². The van der Waals surface area contributed by atoms with Crippen LogP contribution in [0, 0.1) is 12.7 Å². The molecular formula is C14H12FN3O3S2. The van der Waals surface area contributed by atoms with Gasteiger partial charge in [0.25, 0.3) is 10.0 Å². The Morgan fingerprint density at radius 1 is 1.17 bits per heavy atom. The summed E-state index contributed by atoms with van der Waals surface area (Å²) in [4.78, 5) is 0.904. The molecule has 0 radical (unpaired) electrons. The minimum absolute atomic E-state index is 0.118. The van der Waals surface area contributed by atoms with Crippen LogP contribution in [-0.4, -0.2) is 18.6 Å². The molecule has 9 heteroatoms. The average Bonchev–Trinajstić information content (AvgIpc) is 3.15. The van der Waals surface area contributed by atoms with Crippen LogP contribution in [-0.2, 0) is 16.6 Å². The molecule has 0 saturated heterocycles. The molecule has 3 rings (SSSR count). The second-order valence-electron chi connectivity index (χ2n) is 4.70. The van der Waals surface area contributed by atoms with Gasteiger partial charge in [-0.2, -0.15) is 0 Å². The van der Waals surface area contributed by atoms with Gasteiger partial charge in [-0.1, -0.05) is 0 Å². The Morgan fingerprint density at radius 2 is 1.91 bits per heavy atom. The lowest BCUT2D eigenvalue weighted by atomic mass is 10.2. The summed E-state index contributed by atoms with van der Waals surface area (Å²) in [6.45, 7) is 1.71. The number of nitrogens with zero attached hydrogens (tertiary/aromatic N) is 2. The van der Waals surface area contributed by atoms with E-state index < -0.39 is 10.0 Å². The lowest BCUT2D eigenvalue weighted by molar-refractivity contribution is 0.494. The van der Waals surface area contributed by atoms with E-state index in [1.54, 1.807) is 12.1 Å². The molecule has 0 amide bonds. The quantitative estimate of drug-likeness (QED) is 0.762. The SMILES string of the molecule is Cc1ccc(S(=O)(=O)NCc2nnc(-c3ccc(F)cc3)o2)s1. The lowest BCUT2D eigenvalue weighted by Crippen LogP contribution is -2.22. The van der Waals surface area contributed by atoms with Crippen LogP contribution >= 0.6 is 11.3 Å². The molecule has 1 N–H and O–H groups in total. The number of sulfonamides is 1. The summed E-state index contributed by atoms with van der Waals surface area (Å²) in [6.07, 6.45) is 0. The van der Waals surface area contributed by atoms with Crippen molar-refractivity contribution in [3.63, 3.8) is 0 Å². The monoisotopic (exact) mass is 353 g/mol. The topological polar surface area (TPSA) is 85.1 Å². The molecule has 0 atom stereocenters. The Morgan fingerprint density at radius 3 is 2.57 bits per heavy atom. The van der Waals surface area contributed by atoms with E-state index in [-0.39, 0.29) is 28.4 Å². The molecule has 0 fully saturated rings. The first-order chi connectivity index (χ1) is 10.9. The van der Waals surface area contributed by atoms with Crippen molar-refractivity contribution in [2.45, 2.75) is 17.7 Å². The van der Waals surface area contributed by atoms with Gasteiger partial charge in [0.15, 0.2) is 0 Å². The number of thiophene rings is 1. The van der Waals surface area contributed by atoms with Gasteiger partial charge in [0, 0.05) is 10.4 Å². The summed E-state index contributed by atoms with van der Waals surface area (Å²) in [5.74, 6) is -0.0418. The maximum Gasteiger partial charge on any atom is 0.250 e. The van der Waals surface area contributed by atoms with Crippen molar-refractivity contribution >= 4 is 21.4 Å². The first kappa shape index (κ1) is 15.8. The van der Waals surface area contributed by atoms with Crippen molar-refractivity contribution in [3.8, 4) is 11.5 Å². The number of aromatic nitrogens is 2. The molecule has 23 heavy (non-hydrogen) atoms. The second kappa shape index (κ2) is 6.19. The summed E-state index contributed by atoms with van der Waals surface area (Å²) >= 11 is 1.18. The van der Waals surface area contributed by atoms with Crippen molar-refractivity contribution in [1.82, 2.24) is 14.9 Å². The molecule has 0 saturated carbocycles. The van der Waals surface area contributed by atoms with Gasteiger partial charge in [-0.15, -0.1) is 21.5 Å². The number of hydrogen-bond acceptors (Lipinski definition) is 6. The molecule has 0 spiro atoms. The molecule has 120 valence electrons. The molecule has 2 heterocycles. The second-order valence-corrected chi connectivity index (χ2v) is 7.98. The minimum Gasteiger partial charge on any atom is -0.419 e. The van der Waals surface area contributed by atoms with Crippen molar-refractivity contribution in [2.75, 3.05) is 0 Å². The van der Waals surface area contributed by atoms with Crippen molar-refractivity contribution in [1.29, 1.82) is 0 Å². The molecule has 0 bridgehead atoms. The van der Waals surface area contributed by atoms with Crippen LogP contribution in [0.3, 0.4) is 0 Å². The highest BCUT2D eigenvalue weighted by molar-refractivity contribution is 7.91. The van der Waals surface area contributed by atoms with E-state index >= 15 is 0 Å². The number of halogens is 1. The van der Waals surface area contributed by atoms with E-state index in [2.05, 4.69) is 14.9 Å². The summed E-state index contributed by atoms with van der Waals surface area (Å²) in [5, 5.41) is 7.61. The number of nitrogens with one attached hydrogen (secondary N) is 1. The number of hydrogen-bond donors (Lipinski definition) is 1. The Bertz CT molecular complexity index is 917. The highest BCUT2D eigenvalue weighted by atomic mass is 32.2. The van der Waals surface area contributed by atoms with Crippen LogP contribution < -0.4 is 4.72 Å². The number of aryl methyl sites for hydroxylation is 1. The zero-order valence-corrected chi connectivity index (χ0v) is 13.6. The first-order valence-electron chi connectivity index (χ1n) is 6.58. The summed E-state index contributed by atoms with van der Waals surface area (Å²) in [5.41, 5.74) is 0.557. The van der Waals surface area contributed by atoms with Crippen LogP contribution in [0.1, 0.15) is 10.8 Å². The number of benzene rings is 1. The Labute approximate surface area is 136 Å². The van der Waals surface area contributed by atoms with Crippen molar-refractivity contribution < 1.29 is 17.2 Å². The van der Waals surface area contributed by atoms with Gasteiger partial charge >= 0.3 is 0 Å². The van der Waals surface area contributed by atoms with Crippen molar-refractivity contribution in [2.24, 2.45) is 0 Å². The van der Waals surface area contributed by atoms with E-state index in [1.165, 1.54) is 35.6 Å². The smallest absolute Gasteiger partial charge is 0.250 e. The highest BCUT2D eigenvalue weighted by Crippen LogP contribution is 2.21. The highest BCUT2D eigenvalue weighted by Gasteiger charge is 2.17. The predicted octanol–water partition coefficient (Wildman–Crippen LogP) is 2.72. The van der Waals surface area contributed by atoms with Gasteiger partial charge in [-0.05, 0) is 43.3 Å². The van der Waals surface area contributed by atoms with Gasteiger partial charge in [-0.25, -0.2) is 17.5 Å². The Hall–Kier alpha value is -2.10. The zero-order chi connectivity index (χ0) is 16.4. The standard InChI is InChI=1S/C14H12FN3O3S2/c1-9-2-7-13(22-9)23(19,20)16-8-12-17-18-14(21-12)10-3-5-11(15)6-4-10/h2-7,16H,8H2,1H3. The van der Waals surface area contributed by atoms with Gasteiger partial charge in [0.05, 0.1) is 6.54 Å². The third kappa shape index (κ3) is 3.63. The Balaban J connectivity index is 1.71. The van der Waals surface area contributed by atoms with Gasteiger partial charge in [-0.3, -0.25) is 0 Å². The fourth-order valence-electron chi connectivity index (χ4n) is 1.82. The fourth-order valence-corrected chi connectivity index (χ4v) is 4.12. The van der Waals surface area contributed by atoms with E-state index in [0.717, 1.165) is 4.88 Å². The molecule has 0 aliphatic heterocycles. The first-order valence-corrected chi connectivity index (χ1v) is 8.88. The molecule has 6 nitrogen and oxygen atoms in total. The van der Waals surface area contributed by atoms with Crippen LogP contribution in [0.25, 0.3) is 11.5 Å². The van der Waals surface area contributed by atoms with Crippen LogP contribution in [0.4, 0.5) is 4.39 Å². The molecule has 1 aromatic carbocycles. The third-order valence-electron chi connectivity index (χ3n) is 2.95. The maximum atomic E-state index is 12.9. The number of rotatable bonds is 5. The maximum absolute atomic E-state index is 12.9. The normalized spacial score (nSPS) is 11.7. The lowest BCUT2D eigenvalue weighted by Gasteiger charge is -2.01. The predicted molar refractivity (Wildman–Crippen MR) is 82.8 cm³/mol. The van der Waals surface area contributed by atoms with Gasteiger partial charge in [0.2, 0.25) is 11.8 Å². The largest absolute Gasteiger partial charge is 0.419 e. The summed E-state index contributed by atoms with van der Waals surface area (Å²) in [7, 11) is -3.61. The molecule has 0 unspecified atom stereocenters. The minimum atomic E-state index is -3.61. The average molecular weight is 353 g/mol. The van der Waals surface area contributed by atoms with Gasteiger partial charge < -0.3 is 4.42 Å². The molecule has 2 aromatic heterocycles. The third-order valence-corrected chi connectivity index (χ3v) is 5.85. The summed E-state index contributed by atoms with van der Waals surface area (Å²) < 4.78 is 45.1. The van der Waals surface area contributed by atoms with E-state index in [0.29, 0.717) is 5.56 Å². The van der Waals surface area contributed by atoms with Crippen LogP contribution in [0.5, 0.6) is 0 Å². The fraction of sp³-hybridized carbons (Fsp3) is 0.143. The Kier molecular flexibility index (Phi) is 4.24.